The van der Waals surface area contributed by atoms with E-state index in [1.165, 1.54) is 10.6 Å². The number of amides is 1. The average molecular weight is 372 g/mol. The summed E-state index contributed by atoms with van der Waals surface area (Å²) in [6.45, 7) is 1.68. The van der Waals surface area contributed by atoms with Crippen LogP contribution in [-0.2, 0) is 11.8 Å². The van der Waals surface area contributed by atoms with Gasteiger partial charge in [-0.1, -0.05) is 0 Å². The first kappa shape index (κ1) is 17.0. The Morgan fingerprint density at radius 1 is 1.45 bits per heavy atom. The fourth-order valence-electron chi connectivity index (χ4n) is 2.51. The minimum Gasteiger partial charge on any atom is -0.489 e. The van der Waals surface area contributed by atoms with Crippen LogP contribution >= 0.6 is 15.9 Å². The standard InChI is InChI=1S/C15H22BrN3O3/c1-9(17)15(21)18-10-3-5-11(6-4-10)22-13-7-14(20)19(2)8-12(13)16/h7-11H,3-6,17H2,1-2H3,(H,18,21)/t9-,10?,11?/m1/s1. The monoisotopic (exact) mass is 371 g/mol. The third-order valence-corrected chi connectivity index (χ3v) is 4.47. The molecule has 3 N–H and O–H groups in total. The number of aromatic nitrogens is 1. The lowest BCUT2D eigenvalue weighted by Crippen LogP contribution is -2.46. The molecule has 1 amide bonds. The molecule has 122 valence electrons. The van der Waals surface area contributed by atoms with Crippen LogP contribution in [0.1, 0.15) is 32.6 Å². The van der Waals surface area contributed by atoms with Crippen molar-refractivity contribution in [2.75, 3.05) is 0 Å². The van der Waals surface area contributed by atoms with Gasteiger partial charge in [0.1, 0.15) is 5.75 Å². The highest BCUT2D eigenvalue weighted by Crippen LogP contribution is 2.28. The number of nitrogens with two attached hydrogens (primary N) is 1. The summed E-state index contributed by atoms with van der Waals surface area (Å²) >= 11 is 3.41. The van der Waals surface area contributed by atoms with E-state index in [1.54, 1.807) is 20.2 Å². The van der Waals surface area contributed by atoms with Crippen LogP contribution in [0.2, 0.25) is 0 Å². The largest absolute Gasteiger partial charge is 0.489 e. The Morgan fingerprint density at radius 2 is 2.09 bits per heavy atom. The average Bonchev–Trinajstić information content (AvgIpc) is 2.46. The third kappa shape index (κ3) is 4.33. The van der Waals surface area contributed by atoms with Crippen LogP contribution in [0.4, 0.5) is 0 Å². The molecule has 0 saturated heterocycles. The number of rotatable bonds is 4. The van der Waals surface area contributed by atoms with Gasteiger partial charge in [0.05, 0.1) is 16.6 Å². The number of carbonyl (C=O) groups excluding carboxylic acids is 1. The molecule has 0 bridgehead atoms. The number of carbonyl (C=O) groups is 1. The van der Waals surface area contributed by atoms with Crippen molar-refractivity contribution in [1.29, 1.82) is 0 Å². The number of hydrogen-bond acceptors (Lipinski definition) is 4. The van der Waals surface area contributed by atoms with Crippen LogP contribution in [0.3, 0.4) is 0 Å². The minimum absolute atomic E-state index is 0.0619. The summed E-state index contributed by atoms with van der Waals surface area (Å²) in [7, 11) is 1.70. The second-order valence-electron chi connectivity index (χ2n) is 5.82. The van der Waals surface area contributed by atoms with Gasteiger partial charge in [0.15, 0.2) is 0 Å². The predicted octanol–water partition coefficient (Wildman–Crippen LogP) is 1.30. The molecule has 1 fully saturated rings. The number of nitrogens with zero attached hydrogens (tertiary/aromatic N) is 1. The fourth-order valence-corrected chi connectivity index (χ4v) is 3.02. The summed E-state index contributed by atoms with van der Waals surface area (Å²) in [6.07, 6.45) is 5.15. The number of aryl methyl sites for hydroxylation is 1. The van der Waals surface area contributed by atoms with Crippen molar-refractivity contribution in [2.45, 2.75) is 50.8 Å². The van der Waals surface area contributed by atoms with Crippen LogP contribution < -0.4 is 21.3 Å². The fraction of sp³-hybridized carbons (Fsp3) is 0.600. The van der Waals surface area contributed by atoms with E-state index in [4.69, 9.17) is 10.5 Å². The highest BCUT2D eigenvalue weighted by atomic mass is 79.9. The molecule has 2 rings (SSSR count). The van der Waals surface area contributed by atoms with Gasteiger partial charge in [-0.2, -0.15) is 0 Å². The van der Waals surface area contributed by atoms with Gasteiger partial charge in [-0.15, -0.1) is 0 Å². The van der Waals surface area contributed by atoms with Crippen molar-refractivity contribution in [3.63, 3.8) is 0 Å². The number of hydrogen-bond donors (Lipinski definition) is 2. The first-order chi connectivity index (χ1) is 10.4. The Kier molecular flexibility index (Phi) is 5.63. The van der Waals surface area contributed by atoms with Gasteiger partial charge in [0.2, 0.25) is 5.91 Å². The molecule has 1 aromatic heterocycles. The van der Waals surface area contributed by atoms with E-state index < -0.39 is 6.04 Å². The zero-order chi connectivity index (χ0) is 16.3. The normalized spacial score (nSPS) is 22.9. The number of nitrogens with one attached hydrogen (secondary N) is 1. The Morgan fingerprint density at radius 3 is 2.68 bits per heavy atom. The highest BCUT2D eigenvalue weighted by Gasteiger charge is 2.25. The van der Waals surface area contributed by atoms with E-state index in [0.717, 1.165) is 30.2 Å². The summed E-state index contributed by atoms with van der Waals surface area (Å²) in [5.41, 5.74) is 5.45. The third-order valence-electron chi connectivity index (χ3n) is 3.87. The molecule has 1 heterocycles. The zero-order valence-corrected chi connectivity index (χ0v) is 14.4. The van der Waals surface area contributed by atoms with Gasteiger partial charge in [-0.25, -0.2) is 0 Å². The lowest BCUT2D eigenvalue weighted by molar-refractivity contribution is -0.123. The first-order valence-corrected chi connectivity index (χ1v) is 8.25. The molecule has 1 aromatic rings. The van der Waals surface area contributed by atoms with E-state index in [2.05, 4.69) is 21.2 Å². The Bertz CT molecular complexity index is 592. The SMILES string of the molecule is C[C@@H](N)C(=O)NC1CCC(Oc2cc(=O)n(C)cc2Br)CC1. The highest BCUT2D eigenvalue weighted by molar-refractivity contribution is 9.10. The number of ether oxygens (including phenoxy) is 1. The van der Waals surface area contributed by atoms with Crippen LogP contribution in [0.5, 0.6) is 5.75 Å². The molecular weight excluding hydrogens is 350 g/mol. The van der Waals surface area contributed by atoms with E-state index in [1.807, 2.05) is 0 Å². The van der Waals surface area contributed by atoms with E-state index in [-0.39, 0.29) is 23.6 Å². The predicted molar refractivity (Wildman–Crippen MR) is 87.8 cm³/mol. The topological polar surface area (TPSA) is 86.4 Å². The van der Waals surface area contributed by atoms with Gasteiger partial charge in [0.25, 0.3) is 5.56 Å². The molecule has 0 radical (unpaired) electrons. The van der Waals surface area contributed by atoms with Crippen molar-refractivity contribution in [3.8, 4) is 5.75 Å². The van der Waals surface area contributed by atoms with Crippen LogP contribution in [0.15, 0.2) is 21.5 Å². The summed E-state index contributed by atoms with van der Waals surface area (Å²) in [6, 6.07) is 1.17. The van der Waals surface area contributed by atoms with E-state index >= 15 is 0 Å². The maximum Gasteiger partial charge on any atom is 0.254 e. The molecule has 1 aliphatic rings. The van der Waals surface area contributed by atoms with Gasteiger partial charge >= 0.3 is 0 Å². The molecule has 6 nitrogen and oxygen atoms in total. The van der Waals surface area contributed by atoms with Gasteiger partial charge in [0, 0.05) is 25.4 Å². The number of pyridine rings is 1. The second-order valence-corrected chi connectivity index (χ2v) is 6.68. The minimum atomic E-state index is -0.481. The van der Waals surface area contributed by atoms with Crippen molar-refractivity contribution < 1.29 is 9.53 Å². The molecule has 0 spiro atoms. The van der Waals surface area contributed by atoms with Crippen molar-refractivity contribution in [2.24, 2.45) is 12.8 Å². The van der Waals surface area contributed by atoms with Crippen molar-refractivity contribution in [1.82, 2.24) is 9.88 Å². The second kappa shape index (κ2) is 7.28. The van der Waals surface area contributed by atoms with Crippen LogP contribution in [0.25, 0.3) is 0 Å². The number of halogens is 1. The Hall–Kier alpha value is -1.34. The first-order valence-electron chi connectivity index (χ1n) is 7.45. The van der Waals surface area contributed by atoms with Crippen LogP contribution in [-0.4, -0.2) is 28.7 Å². The molecule has 1 atom stereocenters. The zero-order valence-electron chi connectivity index (χ0n) is 12.8. The van der Waals surface area contributed by atoms with Crippen LogP contribution in [0, 0.1) is 0 Å². The molecular formula is C15H22BrN3O3. The summed E-state index contributed by atoms with van der Waals surface area (Å²) in [5.74, 6) is 0.463. The maximum atomic E-state index is 11.7. The molecule has 1 saturated carbocycles. The lowest BCUT2D eigenvalue weighted by atomic mass is 9.92. The molecule has 0 aromatic carbocycles. The quantitative estimate of drug-likeness (QED) is 0.834. The molecule has 0 unspecified atom stereocenters. The Labute approximate surface area is 138 Å². The molecule has 22 heavy (non-hydrogen) atoms. The van der Waals surface area contributed by atoms with E-state index in [9.17, 15) is 9.59 Å². The van der Waals surface area contributed by atoms with Gasteiger partial charge in [-0.05, 0) is 48.5 Å². The van der Waals surface area contributed by atoms with Crippen molar-refractivity contribution >= 4 is 21.8 Å². The summed E-state index contributed by atoms with van der Waals surface area (Å²) < 4.78 is 8.19. The molecule has 1 aliphatic carbocycles. The lowest BCUT2D eigenvalue weighted by Gasteiger charge is -2.30. The maximum absolute atomic E-state index is 11.7. The summed E-state index contributed by atoms with van der Waals surface area (Å²) in [4.78, 5) is 23.3. The smallest absolute Gasteiger partial charge is 0.254 e. The van der Waals surface area contributed by atoms with Gasteiger partial charge in [-0.3, -0.25) is 9.59 Å². The Balaban J connectivity index is 1.89. The summed E-state index contributed by atoms with van der Waals surface area (Å²) in [5, 5.41) is 2.95. The van der Waals surface area contributed by atoms with E-state index in [0.29, 0.717) is 5.75 Å². The molecule has 7 heteroatoms. The van der Waals surface area contributed by atoms with Gasteiger partial charge < -0.3 is 20.4 Å². The molecule has 0 aliphatic heterocycles. The van der Waals surface area contributed by atoms with Crippen molar-refractivity contribution in [3.05, 3.63) is 27.1 Å².